The maximum Gasteiger partial charge on any atom is 0.332 e. The van der Waals surface area contributed by atoms with Crippen LogP contribution >= 0.6 is 0 Å². The van der Waals surface area contributed by atoms with Crippen molar-refractivity contribution in [3.8, 4) is 0 Å². The number of para-hydroxylation sites is 1. The van der Waals surface area contributed by atoms with E-state index in [-0.39, 0.29) is 12.5 Å². The average molecular weight is 263 g/mol. The molecule has 5 nitrogen and oxygen atoms in total. The highest BCUT2D eigenvalue weighted by molar-refractivity contribution is 6.12. The molecule has 1 aromatic carbocycles. The van der Waals surface area contributed by atoms with Gasteiger partial charge in [0.1, 0.15) is 0 Å². The Morgan fingerprint density at radius 3 is 2.47 bits per heavy atom. The summed E-state index contributed by atoms with van der Waals surface area (Å²) in [5.74, 6) is -0.629. The molecule has 5 heteroatoms. The Hall–Kier alpha value is -1.88. The zero-order chi connectivity index (χ0) is 13.8. The molecular formula is C14H17NO4. The number of rotatable bonds is 5. The highest BCUT2D eigenvalue weighted by Crippen LogP contribution is 2.30. The maximum atomic E-state index is 12.1. The van der Waals surface area contributed by atoms with Crippen LogP contribution in [-0.2, 0) is 19.1 Å². The predicted molar refractivity (Wildman–Crippen MR) is 69.8 cm³/mol. The van der Waals surface area contributed by atoms with E-state index in [4.69, 9.17) is 9.47 Å². The van der Waals surface area contributed by atoms with E-state index in [2.05, 4.69) is 0 Å². The minimum absolute atomic E-state index is 0.203. The summed E-state index contributed by atoms with van der Waals surface area (Å²) in [5, 5.41) is 0. The standard InChI is InChI=1S/C14H17NO4/c1-3-18-12-11(14(17)19-4-2)15(13(12)16)10-8-6-5-7-9-10/h5-9,11-12H,3-4H2,1-2H3/t11-,12-/m1/s1. The first-order valence-corrected chi connectivity index (χ1v) is 6.37. The molecule has 1 fully saturated rings. The number of ether oxygens (including phenoxy) is 2. The van der Waals surface area contributed by atoms with Gasteiger partial charge in [-0.15, -0.1) is 0 Å². The molecule has 0 spiro atoms. The lowest BCUT2D eigenvalue weighted by Gasteiger charge is -2.44. The highest BCUT2D eigenvalue weighted by atomic mass is 16.5. The number of amides is 1. The van der Waals surface area contributed by atoms with E-state index >= 15 is 0 Å². The first-order chi connectivity index (χ1) is 9.20. The predicted octanol–water partition coefficient (Wildman–Crippen LogP) is 1.37. The molecule has 1 heterocycles. The number of carbonyl (C=O) groups is 2. The van der Waals surface area contributed by atoms with Crippen LogP contribution in [0.5, 0.6) is 0 Å². The van der Waals surface area contributed by atoms with Crippen molar-refractivity contribution in [2.24, 2.45) is 0 Å². The monoisotopic (exact) mass is 263 g/mol. The smallest absolute Gasteiger partial charge is 0.332 e. The number of esters is 1. The second-order valence-corrected chi connectivity index (χ2v) is 4.12. The number of benzene rings is 1. The maximum absolute atomic E-state index is 12.1. The van der Waals surface area contributed by atoms with Crippen LogP contribution in [0, 0.1) is 0 Å². The second kappa shape index (κ2) is 5.84. The molecule has 1 aliphatic heterocycles. The number of β-lactam (4-membered cyclic amide) rings is 1. The van der Waals surface area contributed by atoms with Gasteiger partial charge >= 0.3 is 5.97 Å². The van der Waals surface area contributed by atoms with Gasteiger partial charge in [0.2, 0.25) is 0 Å². The zero-order valence-corrected chi connectivity index (χ0v) is 11.0. The van der Waals surface area contributed by atoms with E-state index in [0.29, 0.717) is 12.3 Å². The fraction of sp³-hybridized carbons (Fsp3) is 0.429. The van der Waals surface area contributed by atoms with Crippen LogP contribution in [0.4, 0.5) is 5.69 Å². The summed E-state index contributed by atoms with van der Waals surface area (Å²) in [6, 6.07) is 8.37. The third-order valence-corrected chi connectivity index (χ3v) is 2.95. The van der Waals surface area contributed by atoms with Crippen molar-refractivity contribution < 1.29 is 19.1 Å². The molecule has 1 amide bonds. The van der Waals surface area contributed by atoms with Gasteiger partial charge in [0.15, 0.2) is 12.1 Å². The van der Waals surface area contributed by atoms with Gasteiger partial charge in [-0.05, 0) is 26.0 Å². The minimum atomic E-state index is -0.732. The van der Waals surface area contributed by atoms with Crippen molar-refractivity contribution >= 4 is 17.6 Å². The third-order valence-electron chi connectivity index (χ3n) is 2.95. The Morgan fingerprint density at radius 2 is 1.89 bits per heavy atom. The van der Waals surface area contributed by atoms with E-state index in [9.17, 15) is 9.59 Å². The molecular weight excluding hydrogens is 246 g/mol. The molecule has 102 valence electrons. The molecule has 0 aromatic heterocycles. The third kappa shape index (κ3) is 2.46. The molecule has 1 aliphatic rings. The van der Waals surface area contributed by atoms with Crippen LogP contribution in [0.2, 0.25) is 0 Å². The van der Waals surface area contributed by atoms with Crippen molar-refractivity contribution in [2.45, 2.75) is 26.0 Å². The lowest BCUT2D eigenvalue weighted by atomic mass is 9.96. The normalized spacial score (nSPS) is 22.0. The summed E-state index contributed by atoms with van der Waals surface area (Å²) in [5.41, 5.74) is 0.682. The van der Waals surface area contributed by atoms with Gasteiger partial charge < -0.3 is 9.47 Å². The lowest BCUT2D eigenvalue weighted by molar-refractivity contribution is -0.161. The van der Waals surface area contributed by atoms with Crippen molar-refractivity contribution in [1.29, 1.82) is 0 Å². The summed E-state index contributed by atoms with van der Waals surface area (Å²) in [6.07, 6.45) is -0.732. The number of carbonyl (C=O) groups excluding carboxylic acids is 2. The van der Waals surface area contributed by atoms with Crippen molar-refractivity contribution in [2.75, 3.05) is 18.1 Å². The molecule has 19 heavy (non-hydrogen) atoms. The largest absolute Gasteiger partial charge is 0.464 e. The van der Waals surface area contributed by atoms with Crippen LogP contribution in [0.1, 0.15) is 13.8 Å². The zero-order valence-electron chi connectivity index (χ0n) is 11.0. The van der Waals surface area contributed by atoms with Crippen LogP contribution in [0.15, 0.2) is 30.3 Å². The van der Waals surface area contributed by atoms with Crippen LogP contribution in [-0.4, -0.2) is 37.2 Å². The summed E-state index contributed by atoms with van der Waals surface area (Å²) < 4.78 is 10.3. The molecule has 0 bridgehead atoms. The minimum Gasteiger partial charge on any atom is -0.464 e. The van der Waals surface area contributed by atoms with E-state index < -0.39 is 18.1 Å². The molecule has 1 aromatic rings. The van der Waals surface area contributed by atoms with Gasteiger partial charge in [-0.25, -0.2) is 4.79 Å². The number of hydrogen-bond acceptors (Lipinski definition) is 4. The average Bonchev–Trinajstić information content (AvgIpc) is 2.42. The number of nitrogens with zero attached hydrogens (tertiary/aromatic N) is 1. The molecule has 1 saturated heterocycles. The summed E-state index contributed by atoms with van der Waals surface area (Å²) in [6.45, 7) is 4.20. The summed E-state index contributed by atoms with van der Waals surface area (Å²) >= 11 is 0. The van der Waals surface area contributed by atoms with Gasteiger partial charge in [0.05, 0.1) is 6.61 Å². The first-order valence-electron chi connectivity index (χ1n) is 6.37. The van der Waals surface area contributed by atoms with Crippen molar-refractivity contribution in [3.63, 3.8) is 0 Å². The summed E-state index contributed by atoms with van der Waals surface area (Å²) in [4.78, 5) is 25.4. The molecule has 2 atom stereocenters. The molecule has 0 saturated carbocycles. The van der Waals surface area contributed by atoms with E-state index in [0.717, 1.165) is 0 Å². The van der Waals surface area contributed by atoms with Crippen molar-refractivity contribution in [3.05, 3.63) is 30.3 Å². The Labute approximate surface area is 112 Å². The molecule has 0 radical (unpaired) electrons. The van der Waals surface area contributed by atoms with Crippen LogP contribution in [0.3, 0.4) is 0 Å². The number of anilines is 1. The first kappa shape index (κ1) is 13.5. The highest BCUT2D eigenvalue weighted by Gasteiger charge is 2.54. The number of hydrogen-bond donors (Lipinski definition) is 0. The molecule has 0 aliphatic carbocycles. The second-order valence-electron chi connectivity index (χ2n) is 4.12. The van der Waals surface area contributed by atoms with Crippen LogP contribution < -0.4 is 4.90 Å². The van der Waals surface area contributed by atoms with E-state index in [1.807, 2.05) is 18.2 Å². The Kier molecular flexibility index (Phi) is 4.16. The summed E-state index contributed by atoms with van der Waals surface area (Å²) in [7, 11) is 0. The van der Waals surface area contributed by atoms with Gasteiger partial charge in [-0.1, -0.05) is 18.2 Å². The molecule has 0 N–H and O–H groups in total. The molecule has 2 rings (SSSR count). The van der Waals surface area contributed by atoms with Gasteiger partial charge in [-0.2, -0.15) is 0 Å². The van der Waals surface area contributed by atoms with Gasteiger partial charge in [-0.3, -0.25) is 9.69 Å². The van der Waals surface area contributed by atoms with E-state index in [1.54, 1.807) is 26.0 Å². The fourth-order valence-electron chi connectivity index (χ4n) is 2.14. The van der Waals surface area contributed by atoms with Crippen LogP contribution in [0.25, 0.3) is 0 Å². The fourth-order valence-corrected chi connectivity index (χ4v) is 2.14. The Morgan fingerprint density at radius 1 is 1.21 bits per heavy atom. The Bertz CT molecular complexity index is 460. The SMILES string of the molecule is CCOC(=O)[C@H]1[C@@H](OCC)C(=O)N1c1ccccc1. The Balaban J connectivity index is 2.22. The molecule has 0 unspecified atom stereocenters. The van der Waals surface area contributed by atoms with Crippen molar-refractivity contribution in [1.82, 2.24) is 0 Å². The lowest BCUT2D eigenvalue weighted by Crippen LogP contribution is -2.69. The van der Waals surface area contributed by atoms with Gasteiger partial charge in [0, 0.05) is 12.3 Å². The quantitative estimate of drug-likeness (QED) is 0.594. The van der Waals surface area contributed by atoms with Gasteiger partial charge in [0.25, 0.3) is 5.91 Å². The topological polar surface area (TPSA) is 55.8 Å². The van der Waals surface area contributed by atoms with E-state index in [1.165, 1.54) is 4.90 Å².